The third kappa shape index (κ3) is 3.15. The number of halogens is 1. The van der Waals surface area contributed by atoms with Gasteiger partial charge < -0.3 is 5.73 Å². The second kappa shape index (κ2) is 6.02. The Labute approximate surface area is 115 Å². The lowest BCUT2D eigenvalue weighted by Crippen LogP contribution is -2.45. The Kier molecular flexibility index (Phi) is 4.58. The minimum absolute atomic E-state index is 0.169. The fourth-order valence-electron chi connectivity index (χ4n) is 3.21. The number of benzene rings is 1. The highest BCUT2D eigenvalue weighted by Crippen LogP contribution is 2.31. The zero-order valence-electron chi connectivity index (χ0n) is 12.2. The average Bonchev–Trinajstić information content (AvgIpc) is 2.36. The predicted octanol–water partition coefficient (Wildman–Crippen LogP) is 3.25. The Hall–Kier alpha value is -0.930. The molecule has 1 fully saturated rings. The van der Waals surface area contributed by atoms with Gasteiger partial charge in [-0.05, 0) is 55.9 Å². The van der Waals surface area contributed by atoms with E-state index in [0.29, 0.717) is 18.5 Å². The van der Waals surface area contributed by atoms with Gasteiger partial charge in [-0.1, -0.05) is 13.0 Å². The summed E-state index contributed by atoms with van der Waals surface area (Å²) >= 11 is 0. The van der Waals surface area contributed by atoms with E-state index in [9.17, 15) is 4.39 Å². The maximum atomic E-state index is 13.3. The molecule has 1 heterocycles. The topological polar surface area (TPSA) is 29.3 Å². The van der Waals surface area contributed by atoms with Crippen LogP contribution in [0, 0.1) is 18.7 Å². The van der Waals surface area contributed by atoms with Gasteiger partial charge in [0.2, 0.25) is 0 Å². The molecule has 0 saturated carbocycles. The predicted molar refractivity (Wildman–Crippen MR) is 77.5 cm³/mol. The number of piperidine rings is 1. The molecule has 3 heteroatoms. The standard InChI is InChI=1S/C16H25FN2/c1-11-4-5-13(3)19(10-11)16(9-18)15-7-6-14(17)8-12(15)2/h6-8,11,13,16H,4-5,9-10,18H2,1-3H3. The maximum Gasteiger partial charge on any atom is 0.123 e. The van der Waals surface area contributed by atoms with Crippen LogP contribution in [-0.2, 0) is 0 Å². The summed E-state index contributed by atoms with van der Waals surface area (Å²) in [6.07, 6.45) is 2.51. The van der Waals surface area contributed by atoms with Crippen molar-refractivity contribution in [2.45, 2.75) is 45.7 Å². The Morgan fingerprint density at radius 1 is 1.37 bits per heavy atom. The molecule has 0 amide bonds. The molecule has 1 aromatic rings. The summed E-state index contributed by atoms with van der Waals surface area (Å²) < 4.78 is 13.3. The largest absolute Gasteiger partial charge is 0.329 e. The fraction of sp³-hybridized carbons (Fsp3) is 0.625. The first-order chi connectivity index (χ1) is 9.02. The van der Waals surface area contributed by atoms with Gasteiger partial charge in [-0.15, -0.1) is 0 Å². The molecule has 0 aliphatic carbocycles. The molecule has 0 radical (unpaired) electrons. The monoisotopic (exact) mass is 264 g/mol. The van der Waals surface area contributed by atoms with Crippen LogP contribution in [0.5, 0.6) is 0 Å². The van der Waals surface area contributed by atoms with Crippen molar-refractivity contribution in [3.8, 4) is 0 Å². The molecule has 2 N–H and O–H groups in total. The van der Waals surface area contributed by atoms with Crippen LogP contribution in [0.15, 0.2) is 18.2 Å². The summed E-state index contributed by atoms with van der Waals surface area (Å²) in [5, 5.41) is 0. The summed E-state index contributed by atoms with van der Waals surface area (Å²) in [6, 6.07) is 5.81. The first-order valence-corrected chi connectivity index (χ1v) is 7.24. The quantitative estimate of drug-likeness (QED) is 0.908. The van der Waals surface area contributed by atoms with Gasteiger partial charge in [-0.25, -0.2) is 4.39 Å². The number of hydrogen-bond acceptors (Lipinski definition) is 2. The molecule has 2 nitrogen and oxygen atoms in total. The molecule has 19 heavy (non-hydrogen) atoms. The van der Waals surface area contributed by atoms with E-state index in [0.717, 1.165) is 12.1 Å². The number of nitrogens with two attached hydrogens (primary N) is 1. The molecular formula is C16H25FN2. The van der Waals surface area contributed by atoms with Crippen molar-refractivity contribution in [1.82, 2.24) is 4.90 Å². The average molecular weight is 264 g/mol. The first-order valence-electron chi connectivity index (χ1n) is 7.24. The summed E-state index contributed by atoms with van der Waals surface area (Å²) in [5.41, 5.74) is 8.19. The van der Waals surface area contributed by atoms with Crippen LogP contribution in [0.3, 0.4) is 0 Å². The van der Waals surface area contributed by atoms with Gasteiger partial charge >= 0.3 is 0 Å². The van der Waals surface area contributed by atoms with E-state index in [1.165, 1.54) is 18.4 Å². The summed E-state index contributed by atoms with van der Waals surface area (Å²) in [5.74, 6) is 0.545. The number of hydrogen-bond donors (Lipinski definition) is 1. The van der Waals surface area contributed by atoms with Crippen LogP contribution in [0.1, 0.15) is 43.9 Å². The van der Waals surface area contributed by atoms with Gasteiger partial charge in [0.15, 0.2) is 0 Å². The molecule has 3 atom stereocenters. The van der Waals surface area contributed by atoms with Crippen LogP contribution in [0.2, 0.25) is 0 Å². The third-order valence-electron chi connectivity index (χ3n) is 4.38. The smallest absolute Gasteiger partial charge is 0.123 e. The van der Waals surface area contributed by atoms with E-state index in [1.807, 2.05) is 13.0 Å². The highest BCUT2D eigenvalue weighted by atomic mass is 19.1. The van der Waals surface area contributed by atoms with Crippen molar-refractivity contribution in [3.05, 3.63) is 35.1 Å². The maximum absolute atomic E-state index is 13.3. The Morgan fingerprint density at radius 2 is 2.11 bits per heavy atom. The van der Waals surface area contributed by atoms with Crippen LogP contribution >= 0.6 is 0 Å². The third-order valence-corrected chi connectivity index (χ3v) is 4.38. The van der Waals surface area contributed by atoms with E-state index < -0.39 is 0 Å². The molecule has 0 bridgehead atoms. The lowest BCUT2D eigenvalue weighted by Gasteiger charge is -2.42. The van der Waals surface area contributed by atoms with Crippen LogP contribution in [0.25, 0.3) is 0 Å². The Morgan fingerprint density at radius 3 is 2.74 bits per heavy atom. The molecule has 0 aromatic heterocycles. The number of likely N-dealkylation sites (tertiary alicyclic amines) is 1. The fourth-order valence-corrected chi connectivity index (χ4v) is 3.21. The van der Waals surface area contributed by atoms with Crippen molar-refractivity contribution >= 4 is 0 Å². The molecule has 1 aliphatic heterocycles. The molecule has 2 rings (SSSR count). The van der Waals surface area contributed by atoms with E-state index in [-0.39, 0.29) is 11.9 Å². The number of aryl methyl sites for hydroxylation is 1. The van der Waals surface area contributed by atoms with Crippen LogP contribution in [-0.4, -0.2) is 24.0 Å². The number of rotatable bonds is 3. The van der Waals surface area contributed by atoms with Crippen molar-refractivity contribution in [3.63, 3.8) is 0 Å². The SMILES string of the molecule is Cc1cc(F)ccc1C(CN)N1CC(C)CCC1C. The lowest BCUT2D eigenvalue weighted by molar-refractivity contribution is 0.0795. The van der Waals surface area contributed by atoms with Gasteiger partial charge in [0.25, 0.3) is 0 Å². The van der Waals surface area contributed by atoms with Crippen molar-refractivity contribution in [2.75, 3.05) is 13.1 Å². The minimum atomic E-state index is -0.169. The molecule has 1 aromatic carbocycles. The van der Waals surface area contributed by atoms with E-state index >= 15 is 0 Å². The minimum Gasteiger partial charge on any atom is -0.329 e. The van der Waals surface area contributed by atoms with E-state index in [4.69, 9.17) is 5.73 Å². The zero-order valence-corrected chi connectivity index (χ0v) is 12.2. The Bertz CT molecular complexity index is 433. The highest BCUT2D eigenvalue weighted by molar-refractivity contribution is 5.30. The van der Waals surface area contributed by atoms with Gasteiger partial charge in [0.1, 0.15) is 5.82 Å². The van der Waals surface area contributed by atoms with Gasteiger partial charge in [-0.3, -0.25) is 4.90 Å². The van der Waals surface area contributed by atoms with Gasteiger partial charge in [0.05, 0.1) is 0 Å². The van der Waals surface area contributed by atoms with E-state index in [1.54, 1.807) is 12.1 Å². The van der Waals surface area contributed by atoms with Gasteiger partial charge in [-0.2, -0.15) is 0 Å². The normalized spacial score (nSPS) is 26.4. The van der Waals surface area contributed by atoms with Crippen molar-refractivity contribution in [2.24, 2.45) is 11.7 Å². The van der Waals surface area contributed by atoms with Crippen LogP contribution < -0.4 is 5.73 Å². The van der Waals surface area contributed by atoms with Crippen LogP contribution in [0.4, 0.5) is 4.39 Å². The molecule has 1 saturated heterocycles. The molecular weight excluding hydrogens is 239 g/mol. The van der Waals surface area contributed by atoms with Crippen molar-refractivity contribution in [1.29, 1.82) is 0 Å². The summed E-state index contributed by atoms with van der Waals surface area (Å²) in [6.45, 7) is 8.21. The Balaban J connectivity index is 2.27. The van der Waals surface area contributed by atoms with E-state index in [2.05, 4.69) is 18.7 Å². The highest BCUT2D eigenvalue weighted by Gasteiger charge is 2.29. The summed E-state index contributed by atoms with van der Waals surface area (Å²) in [4.78, 5) is 2.49. The first kappa shape index (κ1) is 14.5. The number of nitrogens with zero attached hydrogens (tertiary/aromatic N) is 1. The van der Waals surface area contributed by atoms with Crippen molar-refractivity contribution < 1.29 is 4.39 Å². The zero-order chi connectivity index (χ0) is 14.0. The molecule has 0 spiro atoms. The summed E-state index contributed by atoms with van der Waals surface area (Å²) in [7, 11) is 0. The lowest BCUT2D eigenvalue weighted by atomic mass is 9.90. The molecule has 106 valence electrons. The molecule has 1 aliphatic rings. The second-order valence-electron chi connectivity index (χ2n) is 5.98. The second-order valence-corrected chi connectivity index (χ2v) is 5.98. The molecule has 3 unspecified atom stereocenters. The van der Waals surface area contributed by atoms with Gasteiger partial charge in [0, 0.05) is 25.2 Å².